The number of rotatable bonds is 3. The molecule has 0 aromatic carbocycles. The van der Waals surface area contributed by atoms with E-state index in [0.717, 1.165) is 6.26 Å². The number of hydrogen-bond acceptors (Lipinski definition) is 6. The first-order valence-electron chi connectivity index (χ1n) is 3.95. The molecule has 0 radical (unpaired) electrons. The quantitative estimate of drug-likeness (QED) is 0.425. The summed E-state index contributed by atoms with van der Waals surface area (Å²) in [6.07, 6.45) is 0.0569. The van der Waals surface area contributed by atoms with E-state index in [-0.39, 0.29) is 18.7 Å². The Bertz CT molecular complexity index is 356. The minimum absolute atomic E-state index is 0.109. The van der Waals surface area contributed by atoms with Gasteiger partial charge in [0.05, 0.1) is 24.5 Å². The molecule has 2 atom stereocenters. The Morgan fingerprint density at radius 2 is 2.36 bits per heavy atom. The third-order valence-corrected chi connectivity index (χ3v) is 2.45. The molecular weight excluding hydrogens is 210 g/mol. The minimum Gasteiger partial charge on any atom is -0.394 e. The van der Waals surface area contributed by atoms with Gasteiger partial charge in [-0.15, -0.1) is 0 Å². The molecule has 1 aliphatic rings. The van der Waals surface area contributed by atoms with E-state index in [1.165, 1.54) is 0 Å². The van der Waals surface area contributed by atoms with Crippen molar-refractivity contribution in [2.45, 2.75) is 12.1 Å². The van der Waals surface area contributed by atoms with Crippen molar-refractivity contribution in [3.05, 3.63) is 5.57 Å². The molecule has 0 saturated carbocycles. The first kappa shape index (κ1) is 11.4. The maximum absolute atomic E-state index is 10.8. The summed E-state index contributed by atoms with van der Waals surface area (Å²) < 4.78 is 26.2. The van der Waals surface area contributed by atoms with Gasteiger partial charge in [-0.2, -0.15) is 8.42 Å². The van der Waals surface area contributed by atoms with E-state index < -0.39 is 22.3 Å². The fourth-order valence-corrected chi connectivity index (χ4v) is 1.88. The highest BCUT2D eigenvalue weighted by molar-refractivity contribution is 7.86. The zero-order chi connectivity index (χ0) is 10.8. The lowest BCUT2D eigenvalue weighted by Crippen LogP contribution is -2.26. The predicted molar refractivity (Wildman–Crippen MR) is 47.8 cm³/mol. The molecule has 2 unspecified atom stereocenters. The summed E-state index contributed by atoms with van der Waals surface area (Å²) in [7, 11) is -3.60. The lowest BCUT2D eigenvalue weighted by molar-refractivity contribution is 0.259. The maximum atomic E-state index is 10.8. The monoisotopic (exact) mass is 221 g/mol. The molecule has 1 aliphatic heterocycles. The van der Waals surface area contributed by atoms with Gasteiger partial charge in [-0.1, -0.05) is 0 Å². The van der Waals surface area contributed by atoms with Crippen LogP contribution in [0.3, 0.4) is 0 Å². The van der Waals surface area contributed by atoms with Gasteiger partial charge < -0.3 is 10.4 Å². The van der Waals surface area contributed by atoms with Gasteiger partial charge >= 0.3 is 0 Å². The standard InChI is InChI=1S/C7H11NO5S/c1-14(11,12)13-7-2-8-6(4-10)5(7)3-9/h6-8,10H,2,4H2,1H3. The second kappa shape index (κ2) is 4.20. The van der Waals surface area contributed by atoms with Gasteiger partial charge in [0.15, 0.2) is 0 Å². The molecule has 0 aromatic rings. The van der Waals surface area contributed by atoms with Crippen LogP contribution >= 0.6 is 0 Å². The summed E-state index contributed by atoms with van der Waals surface area (Å²) in [4.78, 5) is 10.5. The topological polar surface area (TPSA) is 92.7 Å². The smallest absolute Gasteiger partial charge is 0.265 e. The summed E-state index contributed by atoms with van der Waals surface area (Å²) in [5.41, 5.74) is 0.109. The summed E-state index contributed by atoms with van der Waals surface area (Å²) >= 11 is 0. The van der Waals surface area contributed by atoms with Crippen molar-refractivity contribution < 1.29 is 22.5 Å². The fourth-order valence-electron chi connectivity index (χ4n) is 1.29. The molecule has 0 aromatic heterocycles. The van der Waals surface area contributed by atoms with Crippen LogP contribution in [0.1, 0.15) is 0 Å². The third kappa shape index (κ3) is 2.63. The second-order valence-corrected chi connectivity index (χ2v) is 4.59. The SMILES string of the molecule is CS(=O)(=O)OC1CNC(CO)C1=C=O. The predicted octanol–water partition coefficient (Wildman–Crippen LogP) is -1.95. The second-order valence-electron chi connectivity index (χ2n) is 2.99. The molecule has 1 rings (SSSR count). The van der Waals surface area contributed by atoms with Crippen molar-refractivity contribution in [2.75, 3.05) is 19.4 Å². The van der Waals surface area contributed by atoms with Gasteiger partial charge in [-0.3, -0.25) is 4.18 Å². The molecule has 1 fully saturated rings. The first-order valence-corrected chi connectivity index (χ1v) is 5.77. The number of hydrogen-bond donors (Lipinski definition) is 2. The Morgan fingerprint density at radius 3 is 2.79 bits per heavy atom. The lowest BCUT2D eigenvalue weighted by Gasteiger charge is -2.09. The Morgan fingerprint density at radius 1 is 1.71 bits per heavy atom. The molecule has 0 aliphatic carbocycles. The molecule has 1 heterocycles. The maximum Gasteiger partial charge on any atom is 0.265 e. The molecular formula is C7H11NO5S. The summed E-state index contributed by atoms with van der Waals surface area (Å²) in [6.45, 7) is -0.100. The number of carbonyl (C=O) groups excluding carboxylic acids is 1. The van der Waals surface area contributed by atoms with Crippen molar-refractivity contribution in [2.24, 2.45) is 0 Å². The van der Waals surface area contributed by atoms with Gasteiger partial charge in [0, 0.05) is 6.54 Å². The lowest BCUT2D eigenvalue weighted by atomic mass is 10.1. The van der Waals surface area contributed by atoms with E-state index >= 15 is 0 Å². The highest BCUT2D eigenvalue weighted by atomic mass is 32.2. The number of aliphatic hydroxyl groups is 1. The van der Waals surface area contributed by atoms with Gasteiger partial charge in [0.25, 0.3) is 10.1 Å². The summed E-state index contributed by atoms with van der Waals surface area (Å²) in [5.74, 6) is 1.59. The van der Waals surface area contributed by atoms with Gasteiger partial charge in [0.1, 0.15) is 12.0 Å². The molecule has 0 bridgehead atoms. The van der Waals surface area contributed by atoms with E-state index in [9.17, 15) is 13.2 Å². The molecule has 80 valence electrons. The van der Waals surface area contributed by atoms with E-state index in [1.54, 1.807) is 5.94 Å². The molecule has 2 N–H and O–H groups in total. The zero-order valence-corrected chi connectivity index (χ0v) is 8.37. The van der Waals surface area contributed by atoms with E-state index in [1.807, 2.05) is 0 Å². The van der Waals surface area contributed by atoms with Crippen LogP contribution in [0.4, 0.5) is 0 Å². The van der Waals surface area contributed by atoms with E-state index in [0.29, 0.717) is 0 Å². The fraction of sp³-hybridized carbons (Fsp3) is 0.714. The van der Waals surface area contributed by atoms with Crippen molar-refractivity contribution in [1.82, 2.24) is 5.32 Å². The number of aliphatic hydroxyl groups excluding tert-OH is 1. The Hall–Kier alpha value is -0.720. The molecule has 6 nitrogen and oxygen atoms in total. The third-order valence-electron chi connectivity index (χ3n) is 1.86. The van der Waals surface area contributed by atoms with Crippen molar-refractivity contribution in [1.29, 1.82) is 0 Å². The Balaban J connectivity index is 2.79. The largest absolute Gasteiger partial charge is 0.394 e. The van der Waals surface area contributed by atoms with Crippen LogP contribution in [0.2, 0.25) is 0 Å². The highest BCUT2D eigenvalue weighted by Crippen LogP contribution is 2.16. The van der Waals surface area contributed by atoms with Gasteiger partial charge in [0.2, 0.25) is 0 Å². The van der Waals surface area contributed by atoms with Crippen molar-refractivity contribution >= 4 is 16.1 Å². The van der Waals surface area contributed by atoms with Crippen molar-refractivity contribution in [3.8, 4) is 0 Å². The molecule has 7 heteroatoms. The summed E-state index contributed by atoms with van der Waals surface area (Å²) in [6, 6.07) is -0.556. The average Bonchev–Trinajstić information content (AvgIpc) is 2.43. The molecule has 0 spiro atoms. The van der Waals surface area contributed by atoms with Gasteiger partial charge in [-0.05, 0) is 0 Å². The average molecular weight is 221 g/mol. The molecule has 0 amide bonds. The minimum atomic E-state index is -3.60. The van der Waals surface area contributed by atoms with Crippen LogP contribution in [0, 0.1) is 0 Å². The Labute approximate surface area is 81.7 Å². The van der Waals surface area contributed by atoms with Crippen LogP contribution in [0.15, 0.2) is 5.57 Å². The normalized spacial score (nSPS) is 27.7. The van der Waals surface area contributed by atoms with E-state index in [2.05, 4.69) is 9.50 Å². The highest BCUT2D eigenvalue weighted by Gasteiger charge is 2.33. The van der Waals surface area contributed by atoms with Crippen LogP contribution in [-0.2, 0) is 19.1 Å². The Kier molecular flexibility index (Phi) is 3.41. The first-order chi connectivity index (χ1) is 6.48. The summed E-state index contributed by atoms with van der Waals surface area (Å²) in [5, 5.41) is 11.6. The molecule has 14 heavy (non-hydrogen) atoms. The zero-order valence-electron chi connectivity index (χ0n) is 7.56. The van der Waals surface area contributed by atoms with E-state index in [4.69, 9.17) is 5.11 Å². The molecule has 1 saturated heterocycles. The van der Waals surface area contributed by atoms with Crippen LogP contribution in [0.25, 0.3) is 0 Å². The van der Waals surface area contributed by atoms with Crippen LogP contribution < -0.4 is 5.32 Å². The van der Waals surface area contributed by atoms with Gasteiger partial charge in [-0.25, -0.2) is 4.79 Å². The van der Waals surface area contributed by atoms with Crippen molar-refractivity contribution in [3.63, 3.8) is 0 Å². The van der Waals surface area contributed by atoms with Crippen LogP contribution in [-0.4, -0.2) is 51.0 Å². The number of nitrogens with one attached hydrogen (secondary N) is 1. The van der Waals surface area contributed by atoms with Crippen LogP contribution in [0.5, 0.6) is 0 Å².